The van der Waals surface area contributed by atoms with Gasteiger partial charge < -0.3 is 19.9 Å². The highest BCUT2D eigenvalue weighted by Gasteiger charge is 2.26. The molecule has 160 valence electrons. The summed E-state index contributed by atoms with van der Waals surface area (Å²) < 4.78 is 43.3. The van der Waals surface area contributed by atoms with E-state index in [9.17, 15) is 13.6 Å². The highest BCUT2D eigenvalue weighted by atomic mass is 32.1. The normalized spacial score (nSPS) is 11.4. The van der Waals surface area contributed by atoms with Crippen molar-refractivity contribution in [2.24, 2.45) is 0 Å². The molecule has 0 radical (unpaired) electrons. The number of carbonyl (C=O) groups is 1. The fourth-order valence-electron chi connectivity index (χ4n) is 3.15. The van der Waals surface area contributed by atoms with Gasteiger partial charge in [-0.1, -0.05) is 13.8 Å². The van der Waals surface area contributed by atoms with E-state index in [1.54, 1.807) is 0 Å². The number of methoxy groups -OCH3 is 3. The van der Waals surface area contributed by atoms with Crippen LogP contribution in [0.5, 0.6) is 17.2 Å². The molecular formula is C21H22F2N2O4S. The first kappa shape index (κ1) is 21.8. The molecule has 30 heavy (non-hydrogen) atoms. The number of fused-ring (bicyclic) bond motifs is 1. The van der Waals surface area contributed by atoms with Crippen molar-refractivity contribution in [2.75, 3.05) is 27.1 Å². The molecule has 6 nitrogen and oxygen atoms in total. The smallest absolute Gasteiger partial charge is 0.264 e. The highest BCUT2D eigenvalue weighted by Crippen LogP contribution is 2.43. The fourth-order valence-corrected chi connectivity index (χ4v) is 4.25. The van der Waals surface area contributed by atoms with Gasteiger partial charge in [-0.05, 0) is 24.1 Å². The van der Waals surface area contributed by atoms with Gasteiger partial charge in [-0.3, -0.25) is 4.79 Å². The minimum atomic E-state index is -2.74. The van der Waals surface area contributed by atoms with Crippen LogP contribution < -0.4 is 19.9 Å². The summed E-state index contributed by atoms with van der Waals surface area (Å²) in [4.78, 5) is 18.1. The van der Waals surface area contributed by atoms with Gasteiger partial charge in [0.15, 0.2) is 11.5 Å². The van der Waals surface area contributed by atoms with Crippen LogP contribution in [0.2, 0.25) is 0 Å². The van der Waals surface area contributed by atoms with Crippen LogP contribution in [0.3, 0.4) is 0 Å². The van der Waals surface area contributed by atoms with Crippen molar-refractivity contribution < 1.29 is 27.8 Å². The number of halogens is 2. The Balaban J connectivity index is 2.21. The van der Waals surface area contributed by atoms with Gasteiger partial charge in [0.2, 0.25) is 11.5 Å². The summed E-state index contributed by atoms with van der Waals surface area (Å²) >= 11 is 0.995. The topological polar surface area (TPSA) is 83.7 Å². The number of benzene rings is 1. The number of thiophene rings is 1. The van der Waals surface area contributed by atoms with Crippen LogP contribution in [0.4, 0.5) is 14.5 Å². The predicted octanol–water partition coefficient (Wildman–Crippen LogP) is 5.20. The number of hydrogen-bond acceptors (Lipinski definition) is 7. The number of aromatic nitrogens is 1. The number of carbonyl (C=O) groups excluding carboxylic acids is 1. The van der Waals surface area contributed by atoms with Gasteiger partial charge in [-0.2, -0.15) is 0 Å². The largest absolute Gasteiger partial charge is 0.493 e. The van der Waals surface area contributed by atoms with Gasteiger partial charge in [0.1, 0.15) is 9.71 Å². The summed E-state index contributed by atoms with van der Waals surface area (Å²) in [5.41, 5.74) is 6.69. The van der Waals surface area contributed by atoms with Crippen LogP contribution in [-0.4, -0.2) is 32.1 Å². The van der Waals surface area contributed by atoms with Crippen molar-refractivity contribution in [3.8, 4) is 17.2 Å². The fraction of sp³-hybridized carbons (Fsp3) is 0.333. The molecule has 0 aliphatic carbocycles. The molecule has 0 bridgehead atoms. The van der Waals surface area contributed by atoms with Gasteiger partial charge >= 0.3 is 0 Å². The Morgan fingerprint density at radius 1 is 1.07 bits per heavy atom. The zero-order chi connectivity index (χ0) is 22.2. The summed E-state index contributed by atoms with van der Waals surface area (Å²) in [7, 11) is 4.33. The molecule has 3 aromatic rings. The average molecular weight is 436 g/mol. The van der Waals surface area contributed by atoms with E-state index in [4.69, 9.17) is 19.9 Å². The Morgan fingerprint density at radius 3 is 2.13 bits per heavy atom. The van der Waals surface area contributed by atoms with Crippen molar-refractivity contribution in [1.82, 2.24) is 4.98 Å². The first-order chi connectivity index (χ1) is 14.2. The van der Waals surface area contributed by atoms with E-state index >= 15 is 0 Å². The zero-order valence-electron chi connectivity index (χ0n) is 17.2. The lowest BCUT2D eigenvalue weighted by atomic mass is 10.0. The molecule has 0 saturated carbocycles. The third-order valence-corrected chi connectivity index (χ3v) is 5.81. The Labute approximate surface area is 176 Å². The maximum atomic E-state index is 13.7. The number of pyridine rings is 1. The van der Waals surface area contributed by atoms with Crippen LogP contribution in [-0.2, 0) is 0 Å². The van der Waals surface area contributed by atoms with E-state index in [1.807, 2.05) is 13.8 Å². The van der Waals surface area contributed by atoms with Gasteiger partial charge in [0, 0.05) is 22.2 Å². The van der Waals surface area contributed by atoms with Gasteiger partial charge in [-0.15, -0.1) is 11.3 Å². The number of hydrogen-bond donors (Lipinski definition) is 1. The van der Waals surface area contributed by atoms with Gasteiger partial charge in [-0.25, -0.2) is 13.8 Å². The summed E-state index contributed by atoms with van der Waals surface area (Å²) in [6.07, 6.45) is -2.74. The van der Waals surface area contributed by atoms with Gasteiger partial charge in [0.25, 0.3) is 6.43 Å². The number of nitrogens with two attached hydrogens (primary N) is 1. The molecule has 2 heterocycles. The van der Waals surface area contributed by atoms with E-state index < -0.39 is 12.2 Å². The number of nitrogens with zero attached hydrogens (tertiary/aromatic N) is 1. The number of ether oxygens (including phenoxy) is 3. The molecule has 0 amide bonds. The molecular weight excluding hydrogens is 414 g/mol. The summed E-state index contributed by atoms with van der Waals surface area (Å²) in [6.45, 7) is 3.73. The molecule has 0 spiro atoms. The molecule has 0 fully saturated rings. The molecule has 0 aliphatic rings. The first-order valence-corrected chi connectivity index (χ1v) is 9.90. The van der Waals surface area contributed by atoms with Crippen molar-refractivity contribution in [3.05, 3.63) is 39.9 Å². The standard InChI is InChI=1S/C21H22F2N2O4S/c1-9(2)12-8-11(20(22)23)15-16(24)19(30-21(15)25-12)17(26)10-6-13(27-3)18(29-5)14(7-10)28-4/h6-9,20H,24H2,1-5H3. The van der Waals surface area contributed by atoms with E-state index in [2.05, 4.69) is 4.98 Å². The van der Waals surface area contributed by atoms with E-state index in [-0.39, 0.29) is 33.0 Å². The highest BCUT2D eigenvalue weighted by molar-refractivity contribution is 7.21. The number of ketones is 1. The maximum absolute atomic E-state index is 13.7. The number of rotatable bonds is 7. The minimum absolute atomic E-state index is 0.00754. The van der Waals surface area contributed by atoms with Crippen molar-refractivity contribution in [1.29, 1.82) is 0 Å². The molecule has 0 aliphatic heterocycles. The van der Waals surface area contributed by atoms with E-state index in [0.29, 0.717) is 27.8 Å². The molecule has 3 rings (SSSR count). The summed E-state index contributed by atoms with van der Waals surface area (Å²) in [5, 5.41) is 0.121. The van der Waals surface area contributed by atoms with Gasteiger partial charge in [0.05, 0.1) is 27.0 Å². The van der Waals surface area contributed by atoms with Crippen LogP contribution in [0.15, 0.2) is 18.2 Å². The third-order valence-electron chi connectivity index (χ3n) is 4.71. The molecule has 9 heteroatoms. The Morgan fingerprint density at radius 2 is 1.67 bits per heavy atom. The predicted molar refractivity (Wildman–Crippen MR) is 113 cm³/mol. The molecule has 0 atom stereocenters. The monoisotopic (exact) mass is 436 g/mol. The van der Waals surface area contributed by atoms with E-state index in [0.717, 1.165) is 11.3 Å². The number of nitrogen functional groups attached to an aromatic ring is 1. The SMILES string of the molecule is COc1cc(C(=O)c2sc3nc(C(C)C)cc(C(F)F)c3c2N)cc(OC)c1OC. The second-order valence-corrected chi connectivity index (χ2v) is 7.86. The molecule has 1 aromatic carbocycles. The Bertz CT molecular complexity index is 1090. The van der Waals surface area contributed by atoms with Crippen LogP contribution in [0.25, 0.3) is 10.2 Å². The summed E-state index contributed by atoms with van der Waals surface area (Å²) in [5.74, 6) is 0.441. The second kappa shape index (κ2) is 8.43. The minimum Gasteiger partial charge on any atom is -0.493 e. The average Bonchev–Trinajstić information content (AvgIpc) is 3.07. The zero-order valence-corrected chi connectivity index (χ0v) is 18.0. The first-order valence-electron chi connectivity index (χ1n) is 9.09. The third kappa shape index (κ3) is 3.65. The Hall–Kier alpha value is -2.94. The van der Waals surface area contributed by atoms with Crippen LogP contribution in [0.1, 0.15) is 52.7 Å². The van der Waals surface area contributed by atoms with Crippen molar-refractivity contribution in [3.63, 3.8) is 0 Å². The lowest BCUT2D eigenvalue weighted by Crippen LogP contribution is -2.05. The molecule has 2 N–H and O–H groups in total. The van der Waals surface area contributed by atoms with E-state index in [1.165, 1.54) is 39.5 Å². The van der Waals surface area contributed by atoms with Crippen molar-refractivity contribution in [2.45, 2.75) is 26.2 Å². The molecule has 2 aromatic heterocycles. The molecule has 0 saturated heterocycles. The number of anilines is 1. The van der Waals surface area contributed by atoms with Crippen molar-refractivity contribution >= 4 is 33.0 Å². The van der Waals surface area contributed by atoms with Crippen LogP contribution in [0, 0.1) is 0 Å². The maximum Gasteiger partial charge on any atom is 0.264 e. The Kier molecular flexibility index (Phi) is 6.12. The lowest BCUT2D eigenvalue weighted by Gasteiger charge is -2.13. The number of alkyl halides is 2. The van der Waals surface area contributed by atoms with Crippen LogP contribution >= 0.6 is 11.3 Å². The summed E-state index contributed by atoms with van der Waals surface area (Å²) in [6, 6.07) is 4.34. The quantitative estimate of drug-likeness (QED) is 0.513. The lowest BCUT2D eigenvalue weighted by molar-refractivity contribution is 0.104. The molecule has 0 unspecified atom stereocenters. The second-order valence-electron chi connectivity index (χ2n) is 6.86.